The quantitative estimate of drug-likeness (QED) is 0.807. The molecule has 1 aromatic rings. The topological polar surface area (TPSA) is 66.4 Å². The van der Waals surface area contributed by atoms with Gasteiger partial charge < -0.3 is 5.11 Å². The van der Waals surface area contributed by atoms with E-state index in [0.717, 1.165) is 3.79 Å². The Balaban J connectivity index is 2.90. The molecule has 0 aliphatic rings. The predicted molar refractivity (Wildman–Crippen MR) is 71.2 cm³/mol. The fourth-order valence-electron chi connectivity index (χ4n) is 1.09. The third-order valence-electron chi connectivity index (χ3n) is 1.83. The highest BCUT2D eigenvalue weighted by molar-refractivity contribution is 9.12. The number of aliphatic hydroxyl groups excluding tert-OH is 1. The summed E-state index contributed by atoms with van der Waals surface area (Å²) in [5.41, 5.74) is 0. The molecule has 8 heteroatoms. The Labute approximate surface area is 115 Å². The number of thiophene rings is 1. The first-order valence-corrected chi connectivity index (χ1v) is 8.33. The summed E-state index contributed by atoms with van der Waals surface area (Å²) in [6.07, 6.45) is 0.391. The van der Waals surface area contributed by atoms with Crippen molar-refractivity contribution in [1.82, 2.24) is 4.72 Å². The molecule has 0 saturated carbocycles. The van der Waals surface area contributed by atoms with Crippen molar-refractivity contribution in [3.8, 4) is 0 Å². The maximum Gasteiger partial charge on any atom is 0.242 e. The number of hydrogen-bond acceptors (Lipinski definition) is 4. The molecular weight excluding hydrogens is 382 g/mol. The van der Waals surface area contributed by atoms with Gasteiger partial charge in [-0.2, -0.15) is 0 Å². The minimum Gasteiger partial charge on any atom is -0.396 e. The lowest BCUT2D eigenvalue weighted by Crippen LogP contribution is -2.33. The molecule has 0 aliphatic carbocycles. The van der Waals surface area contributed by atoms with Gasteiger partial charge in [-0.1, -0.05) is 0 Å². The van der Waals surface area contributed by atoms with Gasteiger partial charge in [0.2, 0.25) is 10.0 Å². The van der Waals surface area contributed by atoms with Gasteiger partial charge in [0, 0.05) is 12.6 Å². The first-order valence-electron chi connectivity index (χ1n) is 4.45. The van der Waals surface area contributed by atoms with Crippen LogP contribution >= 0.6 is 43.2 Å². The molecule has 4 nitrogen and oxygen atoms in total. The van der Waals surface area contributed by atoms with Crippen LogP contribution in [0, 0.1) is 0 Å². The Morgan fingerprint density at radius 3 is 2.62 bits per heavy atom. The van der Waals surface area contributed by atoms with Crippen LogP contribution in [0.1, 0.15) is 13.3 Å². The van der Waals surface area contributed by atoms with Crippen LogP contribution in [0.3, 0.4) is 0 Å². The van der Waals surface area contributed by atoms with Crippen molar-refractivity contribution in [2.24, 2.45) is 0 Å². The van der Waals surface area contributed by atoms with Gasteiger partial charge in [-0.05, 0) is 51.3 Å². The van der Waals surface area contributed by atoms with Gasteiger partial charge in [-0.15, -0.1) is 11.3 Å². The second-order valence-corrected chi connectivity index (χ2v) is 8.65. The van der Waals surface area contributed by atoms with Crippen LogP contribution in [0.15, 0.2) is 18.5 Å². The SMILES string of the molecule is CC(CCO)NS(=O)(=O)c1cc(Br)sc1Br. The van der Waals surface area contributed by atoms with E-state index in [1.54, 1.807) is 13.0 Å². The molecule has 2 N–H and O–H groups in total. The maximum absolute atomic E-state index is 11.9. The van der Waals surface area contributed by atoms with Gasteiger partial charge in [0.15, 0.2) is 0 Å². The van der Waals surface area contributed by atoms with Crippen molar-refractivity contribution in [2.75, 3.05) is 6.61 Å². The van der Waals surface area contributed by atoms with Gasteiger partial charge >= 0.3 is 0 Å². The van der Waals surface area contributed by atoms with E-state index in [9.17, 15) is 8.42 Å². The smallest absolute Gasteiger partial charge is 0.242 e. The van der Waals surface area contributed by atoms with Crippen LogP contribution in [0.2, 0.25) is 0 Å². The van der Waals surface area contributed by atoms with Crippen LogP contribution < -0.4 is 4.72 Å². The lowest BCUT2D eigenvalue weighted by Gasteiger charge is -2.12. The Morgan fingerprint density at radius 1 is 1.56 bits per heavy atom. The van der Waals surface area contributed by atoms with Crippen molar-refractivity contribution >= 4 is 53.2 Å². The molecule has 0 bridgehead atoms. The van der Waals surface area contributed by atoms with Gasteiger partial charge in [0.05, 0.1) is 7.57 Å². The summed E-state index contributed by atoms with van der Waals surface area (Å²) in [6.45, 7) is 1.67. The monoisotopic (exact) mass is 391 g/mol. The van der Waals surface area contributed by atoms with Crippen molar-refractivity contribution in [3.63, 3.8) is 0 Å². The number of nitrogens with one attached hydrogen (secondary N) is 1. The number of aliphatic hydroxyl groups is 1. The second-order valence-electron chi connectivity index (χ2n) is 3.22. The molecule has 92 valence electrons. The molecule has 1 atom stereocenters. The summed E-state index contributed by atoms with van der Waals surface area (Å²) in [6, 6.07) is 1.25. The highest BCUT2D eigenvalue weighted by Crippen LogP contribution is 2.34. The number of rotatable bonds is 5. The van der Waals surface area contributed by atoms with E-state index in [4.69, 9.17) is 5.11 Å². The Bertz CT molecular complexity index is 458. The van der Waals surface area contributed by atoms with E-state index in [1.807, 2.05) is 0 Å². The predicted octanol–water partition coefficient (Wildman–Crippen LogP) is 2.32. The van der Waals surface area contributed by atoms with E-state index in [2.05, 4.69) is 36.6 Å². The zero-order valence-corrected chi connectivity index (χ0v) is 13.2. The van der Waals surface area contributed by atoms with Crippen LogP contribution in [0.4, 0.5) is 0 Å². The molecule has 16 heavy (non-hydrogen) atoms. The molecule has 1 rings (SSSR count). The molecule has 0 aromatic carbocycles. The van der Waals surface area contributed by atoms with Crippen molar-refractivity contribution in [1.29, 1.82) is 0 Å². The van der Waals surface area contributed by atoms with Gasteiger partial charge in [0.25, 0.3) is 0 Å². The standard InChI is InChI=1S/C8H11Br2NO3S2/c1-5(2-3-12)11-16(13,14)6-4-7(9)15-8(6)10/h4-5,11-12H,2-3H2,1H3. The Hall–Kier alpha value is 0.530. The lowest BCUT2D eigenvalue weighted by atomic mass is 10.3. The molecule has 0 saturated heterocycles. The summed E-state index contributed by atoms with van der Waals surface area (Å²) in [5.74, 6) is 0. The molecule has 1 heterocycles. The van der Waals surface area contributed by atoms with Crippen LogP contribution in [0.5, 0.6) is 0 Å². The highest BCUT2D eigenvalue weighted by Gasteiger charge is 2.22. The number of sulfonamides is 1. The molecular formula is C8H11Br2NO3S2. The van der Waals surface area contributed by atoms with E-state index in [-0.39, 0.29) is 17.5 Å². The van der Waals surface area contributed by atoms with E-state index < -0.39 is 10.0 Å². The van der Waals surface area contributed by atoms with Crippen molar-refractivity contribution < 1.29 is 13.5 Å². The van der Waals surface area contributed by atoms with Crippen molar-refractivity contribution in [3.05, 3.63) is 13.6 Å². The largest absolute Gasteiger partial charge is 0.396 e. The zero-order valence-electron chi connectivity index (χ0n) is 8.41. The third kappa shape index (κ3) is 3.78. The minimum atomic E-state index is -3.52. The van der Waals surface area contributed by atoms with Gasteiger partial charge in [-0.3, -0.25) is 0 Å². The average Bonchev–Trinajstić information content (AvgIpc) is 2.45. The molecule has 0 radical (unpaired) electrons. The van der Waals surface area contributed by atoms with E-state index in [0.29, 0.717) is 10.2 Å². The minimum absolute atomic E-state index is 0.0435. The molecule has 0 amide bonds. The molecule has 0 aliphatic heterocycles. The fourth-order valence-corrected chi connectivity index (χ4v) is 6.18. The molecule has 1 unspecified atom stereocenters. The highest BCUT2D eigenvalue weighted by atomic mass is 79.9. The first-order chi connectivity index (χ1) is 7.36. The maximum atomic E-state index is 11.9. The Kier molecular flexibility index (Phi) is 5.40. The summed E-state index contributed by atoms with van der Waals surface area (Å²) in [5, 5.41) is 8.71. The fraction of sp³-hybridized carbons (Fsp3) is 0.500. The molecule has 1 aromatic heterocycles. The van der Waals surface area contributed by atoms with E-state index in [1.165, 1.54) is 11.3 Å². The number of hydrogen-bond donors (Lipinski definition) is 2. The first kappa shape index (κ1) is 14.6. The average molecular weight is 393 g/mol. The molecule has 0 spiro atoms. The number of halogens is 2. The third-order valence-corrected chi connectivity index (χ3v) is 6.18. The van der Waals surface area contributed by atoms with Crippen LogP contribution in [-0.2, 0) is 10.0 Å². The van der Waals surface area contributed by atoms with Gasteiger partial charge in [0.1, 0.15) is 4.90 Å². The zero-order chi connectivity index (χ0) is 12.3. The van der Waals surface area contributed by atoms with Crippen LogP contribution in [-0.4, -0.2) is 26.2 Å². The molecule has 0 fully saturated rings. The Morgan fingerprint density at radius 2 is 2.19 bits per heavy atom. The van der Waals surface area contributed by atoms with Crippen LogP contribution in [0.25, 0.3) is 0 Å². The lowest BCUT2D eigenvalue weighted by molar-refractivity contribution is 0.275. The second kappa shape index (κ2) is 5.92. The summed E-state index contributed by atoms with van der Waals surface area (Å²) < 4.78 is 27.6. The van der Waals surface area contributed by atoms with Crippen molar-refractivity contribution in [2.45, 2.75) is 24.3 Å². The summed E-state index contributed by atoms with van der Waals surface area (Å²) >= 11 is 7.73. The van der Waals surface area contributed by atoms with E-state index >= 15 is 0 Å². The summed E-state index contributed by atoms with van der Waals surface area (Å²) in [4.78, 5) is 0.217. The summed E-state index contributed by atoms with van der Waals surface area (Å²) in [7, 11) is -3.52. The van der Waals surface area contributed by atoms with Gasteiger partial charge in [-0.25, -0.2) is 13.1 Å². The normalized spacial score (nSPS) is 14.0.